The van der Waals surface area contributed by atoms with E-state index in [0.29, 0.717) is 26.2 Å². The molecule has 1 rings (SSSR count). The van der Waals surface area contributed by atoms with Gasteiger partial charge in [0.2, 0.25) is 15.9 Å². The molecule has 0 bridgehead atoms. The molecule has 0 saturated carbocycles. The van der Waals surface area contributed by atoms with Crippen LogP contribution < -0.4 is 0 Å². The van der Waals surface area contributed by atoms with Gasteiger partial charge in [0.25, 0.3) is 0 Å². The van der Waals surface area contributed by atoms with E-state index in [-0.39, 0.29) is 11.8 Å². The topological polar surface area (TPSA) is 57.7 Å². The molecule has 0 radical (unpaired) electrons. The lowest BCUT2D eigenvalue weighted by Gasteiger charge is -2.33. The molecule has 1 fully saturated rings. The summed E-state index contributed by atoms with van der Waals surface area (Å²) in [5.41, 5.74) is 0. The summed E-state index contributed by atoms with van der Waals surface area (Å²) in [4.78, 5) is 13.9. The van der Waals surface area contributed by atoms with Gasteiger partial charge in [0, 0.05) is 26.2 Å². The molecule has 1 unspecified atom stereocenters. The van der Waals surface area contributed by atoms with Crippen molar-refractivity contribution in [3.63, 3.8) is 0 Å². The van der Waals surface area contributed by atoms with Gasteiger partial charge in [0.1, 0.15) is 0 Å². The third kappa shape index (κ3) is 3.67. The Balaban J connectivity index is 2.70. The summed E-state index contributed by atoms with van der Waals surface area (Å²) in [5.74, 6) is -0.0817. The van der Waals surface area contributed by atoms with E-state index in [0.717, 1.165) is 12.8 Å². The number of carbonyl (C=O) groups is 1. The fraction of sp³-hybridized carbons (Fsp3) is 0.909. The summed E-state index contributed by atoms with van der Waals surface area (Å²) in [6, 6.07) is 0. The molecule has 0 spiro atoms. The second kappa shape index (κ2) is 5.82. The number of hydrogen-bond acceptors (Lipinski definition) is 3. The van der Waals surface area contributed by atoms with E-state index >= 15 is 0 Å². The van der Waals surface area contributed by atoms with Crippen molar-refractivity contribution in [1.29, 1.82) is 0 Å². The number of nitrogens with zero attached hydrogens (tertiary/aromatic N) is 2. The Kier molecular flexibility index (Phi) is 4.94. The second-order valence-corrected chi connectivity index (χ2v) is 6.45. The normalized spacial score (nSPS) is 22.4. The maximum atomic E-state index is 12.1. The smallest absolute Gasteiger partial charge is 0.226 e. The predicted octanol–water partition coefficient (Wildman–Crippen LogP) is 0.526. The highest BCUT2D eigenvalue weighted by Gasteiger charge is 2.31. The maximum Gasteiger partial charge on any atom is 0.226 e. The Morgan fingerprint density at radius 3 is 2.41 bits per heavy atom. The van der Waals surface area contributed by atoms with E-state index in [2.05, 4.69) is 0 Å². The van der Waals surface area contributed by atoms with Crippen LogP contribution in [0.5, 0.6) is 0 Å². The molecule has 5 nitrogen and oxygen atoms in total. The molecule has 1 saturated heterocycles. The Morgan fingerprint density at radius 1 is 1.35 bits per heavy atom. The molecule has 0 aromatic rings. The third-order valence-electron chi connectivity index (χ3n) is 3.28. The highest BCUT2D eigenvalue weighted by Crippen LogP contribution is 2.20. The zero-order chi connectivity index (χ0) is 13.1. The molecule has 0 aromatic heterocycles. The molecule has 1 aliphatic heterocycles. The first-order valence-electron chi connectivity index (χ1n) is 6.14. The first kappa shape index (κ1) is 14.4. The highest BCUT2D eigenvalue weighted by molar-refractivity contribution is 7.88. The standard InChI is InChI=1S/C11H22N2O3S/c1-4-12(5-2)11(14)10-7-6-8-13(9-10)17(3,15)16/h10H,4-9H2,1-3H3. The van der Waals surface area contributed by atoms with Gasteiger partial charge < -0.3 is 4.90 Å². The van der Waals surface area contributed by atoms with Crippen molar-refractivity contribution in [2.45, 2.75) is 26.7 Å². The molecule has 1 atom stereocenters. The van der Waals surface area contributed by atoms with E-state index in [1.165, 1.54) is 10.6 Å². The first-order chi connectivity index (χ1) is 7.90. The maximum absolute atomic E-state index is 12.1. The average Bonchev–Trinajstić information content (AvgIpc) is 2.29. The fourth-order valence-corrected chi connectivity index (χ4v) is 3.15. The van der Waals surface area contributed by atoms with Crippen LogP contribution in [0, 0.1) is 5.92 Å². The number of rotatable bonds is 4. The lowest BCUT2D eigenvalue weighted by molar-refractivity contribution is -0.136. The van der Waals surface area contributed by atoms with Crippen LogP contribution in [0.15, 0.2) is 0 Å². The molecule has 0 aliphatic carbocycles. The molecular formula is C11H22N2O3S. The van der Waals surface area contributed by atoms with Gasteiger partial charge in [0.05, 0.1) is 12.2 Å². The SMILES string of the molecule is CCN(CC)C(=O)C1CCCN(S(C)(=O)=O)C1. The van der Waals surface area contributed by atoms with E-state index in [4.69, 9.17) is 0 Å². The Labute approximate surface area is 104 Å². The second-order valence-electron chi connectivity index (χ2n) is 4.47. The summed E-state index contributed by atoms with van der Waals surface area (Å²) in [6.45, 7) is 6.14. The van der Waals surface area contributed by atoms with Gasteiger partial charge in [-0.3, -0.25) is 4.79 Å². The van der Waals surface area contributed by atoms with E-state index in [1.54, 1.807) is 4.90 Å². The zero-order valence-corrected chi connectivity index (χ0v) is 11.7. The molecule has 1 aliphatic rings. The van der Waals surface area contributed by atoms with Crippen molar-refractivity contribution in [3.05, 3.63) is 0 Å². The fourth-order valence-electron chi connectivity index (χ4n) is 2.24. The summed E-state index contributed by atoms with van der Waals surface area (Å²) < 4.78 is 24.3. The van der Waals surface area contributed by atoms with E-state index < -0.39 is 10.0 Å². The van der Waals surface area contributed by atoms with Gasteiger partial charge in [-0.25, -0.2) is 12.7 Å². The molecule has 0 aromatic carbocycles. The zero-order valence-electron chi connectivity index (χ0n) is 10.8. The number of amides is 1. The Hall–Kier alpha value is -0.620. The van der Waals surface area contributed by atoms with E-state index in [1.807, 2.05) is 13.8 Å². The lowest BCUT2D eigenvalue weighted by Crippen LogP contribution is -2.46. The van der Waals surface area contributed by atoms with Crippen LogP contribution in [-0.2, 0) is 14.8 Å². The van der Waals surface area contributed by atoms with Gasteiger partial charge in [-0.05, 0) is 26.7 Å². The summed E-state index contributed by atoms with van der Waals surface area (Å²) >= 11 is 0. The van der Waals surface area contributed by atoms with Crippen LogP contribution in [0.4, 0.5) is 0 Å². The summed E-state index contributed by atoms with van der Waals surface area (Å²) in [6.07, 6.45) is 2.77. The number of carbonyl (C=O) groups excluding carboxylic acids is 1. The Morgan fingerprint density at radius 2 is 1.94 bits per heavy atom. The predicted molar refractivity (Wildman–Crippen MR) is 67.1 cm³/mol. The average molecular weight is 262 g/mol. The van der Waals surface area contributed by atoms with Crippen molar-refractivity contribution in [2.24, 2.45) is 5.92 Å². The van der Waals surface area contributed by atoms with Crippen LogP contribution >= 0.6 is 0 Å². The number of hydrogen-bond donors (Lipinski definition) is 0. The van der Waals surface area contributed by atoms with Crippen molar-refractivity contribution in [3.8, 4) is 0 Å². The minimum absolute atomic E-state index is 0.0864. The van der Waals surface area contributed by atoms with Crippen molar-refractivity contribution >= 4 is 15.9 Å². The highest BCUT2D eigenvalue weighted by atomic mass is 32.2. The van der Waals surface area contributed by atoms with Crippen molar-refractivity contribution in [2.75, 3.05) is 32.4 Å². The molecule has 100 valence electrons. The lowest BCUT2D eigenvalue weighted by atomic mass is 9.98. The monoisotopic (exact) mass is 262 g/mol. The third-order valence-corrected chi connectivity index (χ3v) is 4.55. The Bertz CT molecular complexity index is 363. The van der Waals surface area contributed by atoms with Crippen molar-refractivity contribution in [1.82, 2.24) is 9.21 Å². The van der Waals surface area contributed by atoms with Gasteiger partial charge in [-0.1, -0.05) is 0 Å². The van der Waals surface area contributed by atoms with Crippen LogP contribution in [0.2, 0.25) is 0 Å². The van der Waals surface area contributed by atoms with Crippen LogP contribution in [0.25, 0.3) is 0 Å². The van der Waals surface area contributed by atoms with Gasteiger partial charge in [-0.15, -0.1) is 0 Å². The van der Waals surface area contributed by atoms with Crippen LogP contribution in [-0.4, -0.2) is 56.0 Å². The first-order valence-corrected chi connectivity index (χ1v) is 7.98. The minimum atomic E-state index is -3.17. The summed E-state index contributed by atoms with van der Waals surface area (Å²) in [7, 11) is -3.17. The largest absolute Gasteiger partial charge is 0.343 e. The number of piperidine rings is 1. The molecule has 6 heteroatoms. The van der Waals surface area contributed by atoms with Gasteiger partial charge >= 0.3 is 0 Å². The molecule has 17 heavy (non-hydrogen) atoms. The number of sulfonamides is 1. The molecule has 1 amide bonds. The molecule has 1 heterocycles. The van der Waals surface area contributed by atoms with Gasteiger partial charge in [-0.2, -0.15) is 0 Å². The van der Waals surface area contributed by atoms with Crippen LogP contribution in [0.3, 0.4) is 0 Å². The van der Waals surface area contributed by atoms with Crippen LogP contribution in [0.1, 0.15) is 26.7 Å². The molecular weight excluding hydrogens is 240 g/mol. The van der Waals surface area contributed by atoms with Crippen molar-refractivity contribution < 1.29 is 13.2 Å². The minimum Gasteiger partial charge on any atom is -0.343 e. The summed E-state index contributed by atoms with van der Waals surface area (Å²) in [5, 5.41) is 0. The molecule has 0 N–H and O–H groups in total. The van der Waals surface area contributed by atoms with E-state index in [9.17, 15) is 13.2 Å². The quantitative estimate of drug-likeness (QED) is 0.742. The van der Waals surface area contributed by atoms with Gasteiger partial charge in [0.15, 0.2) is 0 Å².